The number of carbonyl (C=O) groups excluding carboxylic acids is 1. The summed E-state index contributed by atoms with van der Waals surface area (Å²) in [6.45, 7) is 2.40. The van der Waals surface area contributed by atoms with Gasteiger partial charge in [0.15, 0.2) is 0 Å². The zero-order valence-electron chi connectivity index (χ0n) is 10.5. The highest BCUT2D eigenvalue weighted by atomic mass is 79.9. The fourth-order valence-electron chi connectivity index (χ4n) is 2.34. The SMILES string of the molecule is Cc1ccccc1N1CC(=O)Nc2cc(Br)ccc21. The molecule has 0 bridgehead atoms. The van der Waals surface area contributed by atoms with E-state index in [-0.39, 0.29) is 5.91 Å². The summed E-state index contributed by atoms with van der Waals surface area (Å²) >= 11 is 3.43. The van der Waals surface area contributed by atoms with Crippen LogP contribution in [-0.2, 0) is 4.79 Å². The van der Waals surface area contributed by atoms with Crippen LogP contribution in [0.4, 0.5) is 17.1 Å². The van der Waals surface area contributed by atoms with Gasteiger partial charge in [-0.1, -0.05) is 34.1 Å². The second-order valence-electron chi connectivity index (χ2n) is 4.58. The molecule has 1 N–H and O–H groups in total. The maximum atomic E-state index is 11.9. The number of benzene rings is 2. The van der Waals surface area contributed by atoms with Gasteiger partial charge >= 0.3 is 0 Å². The van der Waals surface area contributed by atoms with Gasteiger partial charge in [0.05, 0.1) is 11.4 Å². The Morgan fingerprint density at radius 1 is 1.16 bits per heavy atom. The maximum Gasteiger partial charge on any atom is 0.244 e. The largest absolute Gasteiger partial charge is 0.330 e. The smallest absolute Gasteiger partial charge is 0.244 e. The van der Waals surface area contributed by atoms with Crippen molar-refractivity contribution in [3.05, 3.63) is 52.5 Å². The Hall–Kier alpha value is -1.81. The van der Waals surface area contributed by atoms with Crippen LogP contribution in [0.2, 0.25) is 0 Å². The van der Waals surface area contributed by atoms with Crippen LogP contribution in [0.15, 0.2) is 46.9 Å². The van der Waals surface area contributed by atoms with Crippen LogP contribution < -0.4 is 10.2 Å². The summed E-state index contributed by atoms with van der Waals surface area (Å²) in [5.41, 5.74) is 4.10. The number of aryl methyl sites for hydroxylation is 1. The Morgan fingerprint density at radius 2 is 1.95 bits per heavy atom. The number of carbonyl (C=O) groups is 1. The van der Waals surface area contributed by atoms with E-state index in [1.54, 1.807) is 0 Å². The van der Waals surface area contributed by atoms with Gasteiger partial charge in [0.25, 0.3) is 0 Å². The number of halogens is 1. The molecule has 2 aromatic carbocycles. The summed E-state index contributed by atoms with van der Waals surface area (Å²) in [4.78, 5) is 13.9. The van der Waals surface area contributed by atoms with Crippen LogP contribution in [0.1, 0.15) is 5.56 Å². The number of fused-ring (bicyclic) bond motifs is 1. The molecule has 1 heterocycles. The molecule has 0 fully saturated rings. The quantitative estimate of drug-likeness (QED) is 0.866. The maximum absolute atomic E-state index is 11.9. The van der Waals surface area contributed by atoms with Crippen molar-refractivity contribution in [3.8, 4) is 0 Å². The lowest BCUT2D eigenvalue weighted by molar-refractivity contribution is -0.115. The molecule has 0 aromatic heterocycles. The molecule has 0 aliphatic carbocycles. The van der Waals surface area contributed by atoms with E-state index in [1.165, 1.54) is 0 Å². The molecule has 3 rings (SSSR count). The Balaban J connectivity index is 2.14. The summed E-state index contributed by atoms with van der Waals surface area (Å²) in [6, 6.07) is 14.0. The monoisotopic (exact) mass is 316 g/mol. The van der Waals surface area contributed by atoms with Crippen LogP contribution in [0.3, 0.4) is 0 Å². The Labute approximate surface area is 120 Å². The summed E-state index contributed by atoms with van der Waals surface area (Å²) in [5.74, 6) is 0.00820. The van der Waals surface area contributed by atoms with E-state index in [1.807, 2.05) is 36.4 Å². The lowest BCUT2D eigenvalue weighted by atomic mass is 10.1. The van der Waals surface area contributed by atoms with Crippen molar-refractivity contribution in [2.75, 3.05) is 16.8 Å². The van der Waals surface area contributed by atoms with E-state index in [4.69, 9.17) is 0 Å². The zero-order valence-corrected chi connectivity index (χ0v) is 12.1. The molecule has 1 amide bonds. The molecular formula is C15H13BrN2O. The molecule has 0 radical (unpaired) electrons. The zero-order chi connectivity index (χ0) is 13.4. The first-order chi connectivity index (χ1) is 9.15. The van der Waals surface area contributed by atoms with Crippen LogP contribution in [0.5, 0.6) is 0 Å². The number of nitrogens with zero attached hydrogens (tertiary/aromatic N) is 1. The third-order valence-electron chi connectivity index (χ3n) is 3.23. The van der Waals surface area contributed by atoms with Crippen molar-refractivity contribution in [1.82, 2.24) is 0 Å². The van der Waals surface area contributed by atoms with Gasteiger partial charge in [0.1, 0.15) is 6.54 Å². The van der Waals surface area contributed by atoms with E-state index in [0.717, 1.165) is 27.1 Å². The van der Waals surface area contributed by atoms with Gasteiger partial charge < -0.3 is 10.2 Å². The van der Waals surface area contributed by atoms with Crippen molar-refractivity contribution < 1.29 is 4.79 Å². The van der Waals surface area contributed by atoms with Crippen molar-refractivity contribution in [2.24, 2.45) is 0 Å². The van der Waals surface area contributed by atoms with Crippen molar-refractivity contribution >= 4 is 38.9 Å². The fourth-order valence-corrected chi connectivity index (χ4v) is 2.70. The molecular weight excluding hydrogens is 304 g/mol. The first-order valence-corrected chi connectivity index (χ1v) is 6.87. The molecule has 3 nitrogen and oxygen atoms in total. The van der Waals surface area contributed by atoms with Crippen molar-refractivity contribution in [2.45, 2.75) is 6.92 Å². The van der Waals surface area contributed by atoms with Crippen molar-refractivity contribution in [1.29, 1.82) is 0 Å². The second-order valence-corrected chi connectivity index (χ2v) is 5.50. The topological polar surface area (TPSA) is 32.3 Å². The lowest BCUT2D eigenvalue weighted by Crippen LogP contribution is -2.35. The van der Waals surface area contributed by atoms with E-state index in [2.05, 4.69) is 39.1 Å². The van der Waals surface area contributed by atoms with E-state index < -0.39 is 0 Å². The van der Waals surface area contributed by atoms with Crippen LogP contribution >= 0.6 is 15.9 Å². The predicted molar refractivity (Wildman–Crippen MR) is 81.0 cm³/mol. The average molecular weight is 317 g/mol. The number of amides is 1. The first-order valence-electron chi connectivity index (χ1n) is 6.08. The van der Waals surface area contributed by atoms with Gasteiger partial charge in [0, 0.05) is 10.2 Å². The number of anilines is 3. The number of rotatable bonds is 1. The molecule has 0 unspecified atom stereocenters. The minimum absolute atomic E-state index is 0.00820. The highest BCUT2D eigenvalue weighted by molar-refractivity contribution is 9.10. The Kier molecular flexibility index (Phi) is 3.03. The lowest BCUT2D eigenvalue weighted by Gasteiger charge is -2.32. The number of para-hydroxylation sites is 1. The molecule has 0 atom stereocenters. The van der Waals surface area contributed by atoms with Gasteiger partial charge in [-0.2, -0.15) is 0 Å². The molecule has 0 spiro atoms. The average Bonchev–Trinajstić information content (AvgIpc) is 2.38. The predicted octanol–water partition coefficient (Wildman–Crippen LogP) is 3.85. The van der Waals surface area contributed by atoms with Gasteiger partial charge in [0.2, 0.25) is 5.91 Å². The molecule has 1 aliphatic heterocycles. The third-order valence-corrected chi connectivity index (χ3v) is 3.72. The summed E-state index contributed by atoms with van der Waals surface area (Å²) in [7, 11) is 0. The number of hydrogen-bond donors (Lipinski definition) is 1. The fraction of sp³-hybridized carbons (Fsp3) is 0.133. The standard InChI is InChI=1S/C15H13BrN2O/c1-10-4-2-3-5-13(10)18-9-15(19)17-12-8-11(16)6-7-14(12)18/h2-8H,9H2,1H3,(H,17,19). The Bertz CT molecular complexity index is 654. The molecule has 4 heteroatoms. The molecule has 96 valence electrons. The van der Waals surface area contributed by atoms with E-state index >= 15 is 0 Å². The van der Waals surface area contributed by atoms with Crippen LogP contribution in [-0.4, -0.2) is 12.5 Å². The molecule has 2 aromatic rings. The highest BCUT2D eigenvalue weighted by Gasteiger charge is 2.23. The van der Waals surface area contributed by atoms with Gasteiger partial charge in [-0.15, -0.1) is 0 Å². The van der Waals surface area contributed by atoms with Crippen molar-refractivity contribution in [3.63, 3.8) is 0 Å². The normalized spacial score (nSPS) is 14.0. The third kappa shape index (κ3) is 2.24. The molecule has 0 saturated carbocycles. The molecule has 19 heavy (non-hydrogen) atoms. The van der Waals surface area contributed by atoms with Crippen LogP contribution in [0, 0.1) is 6.92 Å². The summed E-state index contributed by atoms with van der Waals surface area (Å²) < 4.78 is 0.957. The van der Waals surface area contributed by atoms with Crippen LogP contribution in [0.25, 0.3) is 0 Å². The second kappa shape index (κ2) is 4.70. The molecule has 1 aliphatic rings. The summed E-state index contributed by atoms with van der Waals surface area (Å²) in [5, 5.41) is 2.91. The minimum Gasteiger partial charge on any atom is -0.330 e. The van der Waals surface area contributed by atoms with E-state index in [0.29, 0.717) is 6.54 Å². The highest BCUT2D eigenvalue weighted by Crippen LogP contribution is 2.37. The number of nitrogens with one attached hydrogen (secondary N) is 1. The first kappa shape index (κ1) is 12.2. The van der Waals surface area contributed by atoms with Gasteiger partial charge in [-0.3, -0.25) is 4.79 Å². The summed E-state index contributed by atoms with van der Waals surface area (Å²) in [6.07, 6.45) is 0. The van der Waals surface area contributed by atoms with Gasteiger partial charge in [-0.25, -0.2) is 0 Å². The molecule has 0 saturated heterocycles. The number of hydrogen-bond acceptors (Lipinski definition) is 2. The van der Waals surface area contributed by atoms with Gasteiger partial charge in [-0.05, 0) is 36.8 Å². The minimum atomic E-state index is 0.00820. The van der Waals surface area contributed by atoms with E-state index in [9.17, 15) is 4.79 Å². The Morgan fingerprint density at radius 3 is 2.74 bits per heavy atom.